The van der Waals surface area contributed by atoms with Crippen molar-refractivity contribution < 1.29 is 9.59 Å². The Morgan fingerprint density at radius 3 is 2.57 bits per heavy atom. The van der Waals surface area contributed by atoms with Crippen LogP contribution in [0.25, 0.3) is 0 Å². The van der Waals surface area contributed by atoms with E-state index in [-0.39, 0.29) is 24.3 Å². The number of amides is 2. The van der Waals surface area contributed by atoms with E-state index in [0.717, 1.165) is 25.7 Å². The van der Waals surface area contributed by atoms with Crippen LogP contribution < -0.4 is 16.4 Å². The van der Waals surface area contributed by atoms with Crippen LogP contribution in [0.2, 0.25) is 5.02 Å². The Morgan fingerprint density at radius 1 is 1.19 bits per heavy atom. The third kappa shape index (κ3) is 4.44. The Balaban J connectivity index is 2.05. The van der Waals surface area contributed by atoms with Crippen LogP contribution in [-0.4, -0.2) is 18.4 Å². The minimum atomic E-state index is -0.290. The van der Waals surface area contributed by atoms with E-state index in [1.807, 2.05) is 0 Å². The predicted molar refractivity (Wildman–Crippen MR) is 84.3 cm³/mol. The molecule has 1 aliphatic carbocycles. The lowest BCUT2D eigenvalue weighted by molar-refractivity contribution is -0.120. The van der Waals surface area contributed by atoms with Gasteiger partial charge in [0, 0.05) is 11.6 Å². The Bertz CT molecular complexity index is 528. The first-order chi connectivity index (χ1) is 10.1. The van der Waals surface area contributed by atoms with Crippen LogP contribution in [0, 0.1) is 5.92 Å². The van der Waals surface area contributed by atoms with Crippen LogP contribution in [0.3, 0.4) is 0 Å². The summed E-state index contributed by atoms with van der Waals surface area (Å²) in [6.07, 6.45) is 5.24. The first kappa shape index (κ1) is 15.8. The van der Waals surface area contributed by atoms with Gasteiger partial charge in [0.05, 0.1) is 17.3 Å². The van der Waals surface area contributed by atoms with E-state index in [4.69, 9.17) is 17.3 Å². The monoisotopic (exact) mass is 309 g/mol. The molecular weight excluding hydrogens is 290 g/mol. The molecule has 1 aromatic carbocycles. The second-order valence-corrected chi connectivity index (χ2v) is 5.68. The molecular formula is C15H20ClN3O2. The fourth-order valence-electron chi connectivity index (χ4n) is 2.51. The molecule has 0 unspecified atom stereocenters. The van der Waals surface area contributed by atoms with Gasteiger partial charge in [-0.3, -0.25) is 9.59 Å². The SMILES string of the molecule is NCC(=O)Nc1ccc(Cl)c(NC(=O)C2CCCCC2)c1. The second kappa shape index (κ2) is 7.43. The van der Waals surface area contributed by atoms with Crippen LogP contribution in [0.5, 0.6) is 0 Å². The molecule has 6 heteroatoms. The molecule has 0 spiro atoms. The number of halogens is 1. The number of nitrogens with two attached hydrogens (primary N) is 1. The largest absolute Gasteiger partial charge is 0.325 e. The summed E-state index contributed by atoms with van der Waals surface area (Å²) in [6.45, 7) is -0.0909. The zero-order valence-electron chi connectivity index (χ0n) is 11.8. The van der Waals surface area contributed by atoms with Gasteiger partial charge in [-0.05, 0) is 31.0 Å². The van der Waals surface area contributed by atoms with E-state index >= 15 is 0 Å². The third-order valence-corrected chi connectivity index (χ3v) is 4.00. The summed E-state index contributed by atoms with van der Waals surface area (Å²) in [6, 6.07) is 4.97. The molecule has 0 atom stereocenters. The van der Waals surface area contributed by atoms with Gasteiger partial charge >= 0.3 is 0 Å². The number of nitrogens with one attached hydrogen (secondary N) is 2. The number of carbonyl (C=O) groups is 2. The molecule has 0 aromatic heterocycles. The van der Waals surface area contributed by atoms with Crippen molar-refractivity contribution in [1.82, 2.24) is 0 Å². The Kier molecular flexibility index (Phi) is 5.59. The minimum absolute atomic E-state index is 0.00102. The van der Waals surface area contributed by atoms with Gasteiger partial charge in [0.1, 0.15) is 0 Å². The molecule has 0 heterocycles. The van der Waals surface area contributed by atoms with E-state index in [0.29, 0.717) is 16.4 Å². The van der Waals surface area contributed by atoms with Crippen LogP contribution in [0.15, 0.2) is 18.2 Å². The minimum Gasteiger partial charge on any atom is -0.325 e. The fourth-order valence-corrected chi connectivity index (χ4v) is 2.68. The topological polar surface area (TPSA) is 84.2 Å². The highest BCUT2D eigenvalue weighted by molar-refractivity contribution is 6.33. The summed E-state index contributed by atoms with van der Waals surface area (Å²) in [5.41, 5.74) is 6.34. The molecule has 4 N–H and O–H groups in total. The van der Waals surface area contributed by atoms with E-state index in [1.165, 1.54) is 6.42 Å². The van der Waals surface area contributed by atoms with Crippen molar-refractivity contribution >= 4 is 34.8 Å². The number of hydrogen-bond donors (Lipinski definition) is 3. The predicted octanol–water partition coefficient (Wildman–Crippen LogP) is 2.76. The van der Waals surface area contributed by atoms with Crippen molar-refractivity contribution in [2.24, 2.45) is 11.7 Å². The lowest BCUT2D eigenvalue weighted by Crippen LogP contribution is -2.25. The highest BCUT2D eigenvalue weighted by Crippen LogP contribution is 2.29. The van der Waals surface area contributed by atoms with Crippen molar-refractivity contribution in [2.45, 2.75) is 32.1 Å². The maximum absolute atomic E-state index is 12.2. The molecule has 1 saturated carbocycles. The average molecular weight is 310 g/mol. The molecule has 1 aliphatic rings. The van der Waals surface area contributed by atoms with Crippen LogP contribution in [0.4, 0.5) is 11.4 Å². The standard InChI is InChI=1S/C15H20ClN3O2/c16-12-7-6-11(18-14(20)9-17)8-13(12)19-15(21)10-4-2-1-3-5-10/h6-8,10H,1-5,9,17H2,(H,18,20)(H,19,21). The average Bonchev–Trinajstić information content (AvgIpc) is 2.51. The maximum Gasteiger partial charge on any atom is 0.238 e. The molecule has 1 aromatic rings. The van der Waals surface area contributed by atoms with Crippen molar-refractivity contribution in [3.05, 3.63) is 23.2 Å². The highest BCUT2D eigenvalue weighted by atomic mass is 35.5. The van der Waals surface area contributed by atoms with Crippen molar-refractivity contribution in [2.75, 3.05) is 17.2 Å². The normalized spacial score (nSPS) is 15.5. The summed E-state index contributed by atoms with van der Waals surface area (Å²) in [7, 11) is 0. The van der Waals surface area contributed by atoms with Gasteiger partial charge in [-0.15, -0.1) is 0 Å². The van der Waals surface area contributed by atoms with Crippen molar-refractivity contribution in [1.29, 1.82) is 0 Å². The van der Waals surface area contributed by atoms with Gasteiger partial charge in [-0.2, -0.15) is 0 Å². The number of rotatable bonds is 4. The number of anilines is 2. The molecule has 21 heavy (non-hydrogen) atoms. The van der Waals surface area contributed by atoms with E-state index in [9.17, 15) is 9.59 Å². The molecule has 0 bridgehead atoms. The Morgan fingerprint density at radius 2 is 1.90 bits per heavy atom. The molecule has 0 saturated heterocycles. The second-order valence-electron chi connectivity index (χ2n) is 5.27. The van der Waals surface area contributed by atoms with E-state index in [2.05, 4.69) is 10.6 Å². The summed E-state index contributed by atoms with van der Waals surface area (Å²) >= 11 is 6.10. The zero-order chi connectivity index (χ0) is 15.2. The molecule has 5 nitrogen and oxygen atoms in total. The van der Waals surface area contributed by atoms with Gasteiger partial charge in [0.2, 0.25) is 11.8 Å². The molecule has 0 aliphatic heterocycles. The lowest BCUT2D eigenvalue weighted by Gasteiger charge is -2.21. The van der Waals surface area contributed by atoms with Gasteiger partial charge in [0.15, 0.2) is 0 Å². The van der Waals surface area contributed by atoms with Crippen LogP contribution >= 0.6 is 11.6 Å². The van der Waals surface area contributed by atoms with Gasteiger partial charge in [-0.25, -0.2) is 0 Å². The number of carbonyl (C=O) groups excluding carboxylic acids is 2. The molecule has 1 fully saturated rings. The first-order valence-corrected chi connectivity index (χ1v) is 7.58. The molecule has 114 valence electrons. The fraction of sp³-hybridized carbons (Fsp3) is 0.467. The van der Waals surface area contributed by atoms with Gasteiger partial charge in [0.25, 0.3) is 0 Å². The summed E-state index contributed by atoms with van der Waals surface area (Å²) < 4.78 is 0. The first-order valence-electron chi connectivity index (χ1n) is 7.20. The Hall–Kier alpha value is -1.59. The summed E-state index contributed by atoms with van der Waals surface area (Å²) in [5, 5.41) is 5.95. The van der Waals surface area contributed by atoms with Crippen molar-refractivity contribution in [3.63, 3.8) is 0 Å². The van der Waals surface area contributed by atoms with E-state index in [1.54, 1.807) is 18.2 Å². The summed E-state index contributed by atoms with van der Waals surface area (Å²) in [5.74, 6) is -0.238. The third-order valence-electron chi connectivity index (χ3n) is 3.67. The highest BCUT2D eigenvalue weighted by Gasteiger charge is 2.21. The van der Waals surface area contributed by atoms with Crippen molar-refractivity contribution in [3.8, 4) is 0 Å². The smallest absolute Gasteiger partial charge is 0.238 e. The number of benzene rings is 1. The van der Waals surface area contributed by atoms with Gasteiger partial charge < -0.3 is 16.4 Å². The van der Waals surface area contributed by atoms with Crippen LogP contribution in [-0.2, 0) is 9.59 Å². The molecule has 2 rings (SSSR count). The number of hydrogen-bond acceptors (Lipinski definition) is 3. The lowest BCUT2D eigenvalue weighted by atomic mass is 9.88. The zero-order valence-corrected chi connectivity index (χ0v) is 12.6. The maximum atomic E-state index is 12.2. The quantitative estimate of drug-likeness (QED) is 0.799. The van der Waals surface area contributed by atoms with E-state index < -0.39 is 0 Å². The Labute approximate surface area is 129 Å². The summed E-state index contributed by atoms with van der Waals surface area (Å²) in [4.78, 5) is 23.5. The molecule has 2 amide bonds. The van der Waals surface area contributed by atoms with Gasteiger partial charge in [-0.1, -0.05) is 30.9 Å². The molecule has 0 radical (unpaired) electrons. The van der Waals surface area contributed by atoms with Crippen LogP contribution in [0.1, 0.15) is 32.1 Å².